The molecule has 92 valence electrons. The first-order valence-electron chi connectivity index (χ1n) is 5.99. The van der Waals surface area contributed by atoms with E-state index < -0.39 is 8.32 Å². The zero-order chi connectivity index (χ0) is 12.8. The molecule has 0 aliphatic heterocycles. The van der Waals surface area contributed by atoms with E-state index in [1.807, 2.05) is 6.08 Å². The monoisotopic (exact) mass is 238 g/mol. The van der Waals surface area contributed by atoms with Crippen molar-refractivity contribution in [1.29, 1.82) is 0 Å². The van der Waals surface area contributed by atoms with Crippen LogP contribution in [-0.4, -0.2) is 14.4 Å². The van der Waals surface area contributed by atoms with Gasteiger partial charge in [0.25, 0.3) is 0 Å². The van der Waals surface area contributed by atoms with E-state index in [9.17, 15) is 0 Å². The molecule has 0 heterocycles. The standard InChI is InChI=1S/C14H26OSi/c1-8-10-11-12-13(9-2)15-16(6,7)14(3,4)5/h2,8,13H,1,10-12H2,3-7H3. The minimum absolute atomic E-state index is 0.0270. The maximum Gasteiger partial charge on any atom is 0.193 e. The topological polar surface area (TPSA) is 9.23 Å². The Labute approximate surface area is 102 Å². The zero-order valence-corrected chi connectivity index (χ0v) is 12.5. The first-order chi connectivity index (χ1) is 7.24. The Morgan fingerprint density at radius 2 is 2.00 bits per heavy atom. The molecule has 0 bridgehead atoms. The average molecular weight is 238 g/mol. The Bertz CT molecular complexity index is 255. The quantitative estimate of drug-likeness (QED) is 0.289. The normalized spacial score (nSPS) is 14.2. The molecule has 0 radical (unpaired) electrons. The van der Waals surface area contributed by atoms with Crippen LogP contribution in [0, 0.1) is 12.3 Å². The summed E-state index contributed by atoms with van der Waals surface area (Å²) in [5, 5.41) is 0.223. The highest BCUT2D eigenvalue weighted by atomic mass is 28.4. The molecule has 0 aromatic carbocycles. The van der Waals surface area contributed by atoms with E-state index in [0.29, 0.717) is 0 Å². The third kappa shape index (κ3) is 5.00. The van der Waals surface area contributed by atoms with Crippen molar-refractivity contribution in [2.24, 2.45) is 0 Å². The fourth-order valence-electron chi connectivity index (χ4n) is 1.16. The smallest absolute Gasteiger partial charge is 0.193 e. The lowest BCUT2D eigenvalue weighted by Crippen LogP contribution is -2.43. The summed E-state index contributed by atoms with van der Waals surface area (Å²) in [6.07, 6.45) is 10.4. The number of hydrogen-bond donors (Lipinski definition) is 0. The summed E-state index contributed by atoms with van der Waals surface area (Å²) in [6.45, 7) is 14.9. The Hall–Kier alpha value is -0.523. The van der Waals surface area contributed by atoms with E-state index in [-0.39, 0.29) is 11.1 Å². The van der Waals surface area contributed by atoms with E-state index >= 15 is 0 Å². The van der Waals surface area contributed by atoms with Crippen molar-refractivity contribution in [3.05, 3.63) is 12.7 Å². The summed E-state index contributed by atoms with van der Waals surface area (Å²) in [5.41, 5.74) is 0. The van der Waals surface area contributed by atoms with Gasteiger partial charge in [-0.05, 0) is 37.4 Å². The second kappa shape index (κ2) is 6.27. The van der Waals surface area contributed by atoms with E-state index in [1.165, 1.54) is 0 Å². The van der Waals surface area contributed by atoms with Crippen molar-refractivity contribution in [3.8, 4) is 12.3 Å². The summed E-state index contributed by atoms with van der Waals surface area (Å²) in [6, 6.07) is 0. The first kappa shape index (κ1) is 15.5. The Morgan fingerprint density at radius 3 is 2.38 bits per heavy atom. The average Bonchev–Trinajstić information content (AvgIpc) is 2.14. The van der Waals surface area contributed by atoms with Gasteiger partial charge in [0.05, 0.1) is 0 Å². The van der Waals surface area contributed by atoms with Crippen LogP contribution in [0.2, 0.25) is 18.1 Å². The fourth-order valence-corrected chi connectivity index (χ4v) is 2.41. The molecule has 0 fully saturated rings. The van der Waals surface area contributed by atoms with E-state index in [1.54, 1.807) is 0 Å². The van der Waals surface area contributed by atoms with Gasteiger partial charge in [-0.2, -0.15) is 0 Å². The van der Waals surface area contributed by atoms with Crippen LogP contribution in [0.4, 0.5) is 0 Å². The number of rotatable bonds is 6. The van der Waals surface area contributed by atoms with Crippen LogP contribution >= 0.6 is 0 Å². The van der Waals surface area contributed by atoms with Gasteiger partial charge in [-0.15, -0.1) is 13.0 Å². The maximum absolute atomic E-state index is 6.17. The molecule has 0 aromatic rings. The molecule has 0 saturated carbocycles. The van der Waals surface area contributed by atoms with Gasteiger partial charge in [0.2, 0.25) is 0 Å². The molecule has 0 aliphatic carbocycles. The molecule has 0 spiro atoms. The molecule has 0 saturated heterocycles. The molecule has 2 heteroatoms. The SMILES string of the molecule is C#CC(CCCC=C)O[Si](C)(C)C(C)(C)C. The van der Waals surface area contributed by atoms with Gasteiger partial charge in [0, 0.05) is 0 Å². The lowest BCUT2D eigenvalue weighted by Gasteiger charge is -2.38. The zero-order valence-electron chi connectivity index (χ0n) is 11.5. The number of allylic oxidation sites excluding steroid dienone is 1. The van der Waals surface area contributed by atoms with Gasteiger partial charge in [-0.1, -0.05) is 32.8 Å². The van der Waals surface area contributed by atoms with E-state index in [2.05, 4.69) is 46.4 Å². The number of terminal acetylenes is 1. The van der Waals surface area contributed by atoms with Crippen LogP contribution in [0.3, 0.4) is 0 Å². The van der Waals surface area contributed by atoms with Gasteiger partial charge in [-0.3, -0.25) is 0 Å². The first-order valence-corrected chi connectivity index (χ1v) is 8.90. The maximum atomic E-state index is 6.17. The minimum atomic E-state index is -1.72. The number of unbranched alkanes of at least 4 members (excludes halogenated alkanes) is 1. The second-order valence-corrected chi connectivity index (χ2v) is 10.5. The highest BCUT2D eigenvalue weighted by molar-refractivity contribution is 6.74. The third-order valence-electron chi connectivity index (χ3n) is 3.30. The molecule has 0 N–H and O–H groups in total. The minimum Gasteiger partial charge on any atom is -0.403 e. The second-order valence-electron chi connectivity index (χ2n) is 5.75. The molecule has 1 nitrogen and oxygen atoms in total. The van der Waals surface area contributed by atoms with Crippen LogP contribution in [0.1, 0.15) is 40.0 Å². The van der Waals surface area contributed by atoms with Gasteiger partial charge in [0.1, 0.15) is 6.10 Å². The third-order valence-corrected chi connectivity index (χ3v) is 7.79. The Kier molecular flexibility index (Phi) is 6.07. The van der Waals surface area contributed by atoms with Crippen LogP contribution in [0.25, 0.3) is 0 Å². The molecule has 1 unspecified atom stereocenters. The Morgan fingerprint density at radius 1 is 1.44 bits per heavy atom. The largest absolute Gasteiger partial charge is 0.403 e. The van der Waals surface area contributed by atoms with Crippen LogP contribution in [-0.2, 0) is 4.43 Å². The van der Waals surface area contributed by atoms with Crippen molar-refractivity contribution < 1.29 is 4.43 Å². The molecule has 0 aromatic heterocycles. The van der Waals surface area contributed by atoms with Gasteiger partial charge < -0.3 is 4.43 Å². The molecular weight excluding hydrogens is 212 g/mol. The summed E-state index contributed by atoms with van der Waals surface area (Å²) < 4.78 is 6.17. The van der Waals surface area contributed by atoms with Crippen LogP contribution < -0.4 is 0 Å². The lowest BCUT2D eigenvalue weighted by molar-refractivity contribution is 0.221. The lowest BCUT2D eigenvalue weighted by atomic mass is 10.1. The summed E-state index contributed by atoms with van der Waals surface area (Å²) in [7, 11) is -1.72. The molecule has 1 atom stereocenters. The molecule has 16 heavy (non-hydrogen) atoms. The van der Waals surface area contributed by atoms with Crippen molar-refractivity contribution in [2.75, 3.05) is 0 Å². The summed E-state index contributed by atoms with van der Waals surface area (Å²) >= 11 is 0. The van der Waals surface area contributed by atoms with Crippen molar-refractivity contribution in [3.63, 3.8) is 0 Å². The van der Waals surface area contributed by atoms with Crippen molar-refractivity contribution >= 4 is 8.32 Å². The van der Waals surface area contributed by atoms with Crippen LogP contribution in [0.15, 0.2) is 12.7 Å². The molecular formula is C14H26OSi. The predicted molar refractivity (Wildman–Crippen MR) is 75.0 cm³/mol. The Balaban J connectivity index is 4.32. The van der Waals surface area contributed by atoms with Crippen molar-refractivity contribution in [2.45, 2.75) is 64.3 Å². The fraction of sp³-hybridized carbons (Fsp3) is 0.714. The number of hydrogen-bond acceptors (Lipinski definition) is 1. The van der Waals surface area contributed by atoms with E-state index in [4.69, 9.17) is 10.8 Å². The predicted octanol–water partition coefficient (Wildman–Crippen LogP) is 4.37. The van der Waals surface area contributed by atoms with Crippen LogP contribution in [0.5, 0.6) is 0 Å². The van der Waals surface area contributed by atoms with E-state index in [0.717, 1.165) is 19.3 Å². The molecule has 0 amide bonds. The van der Waals surface area contributed by atoms with Gasteiger partial charge in [-0.25, -0.2) is 0 Å². The molecule has 0 aliphatic rings. The highest BCUT2D eigenvalue weighted by Gasteiger charge is 2.38. The summed E-state index contributed by atoms with van der Waals surface area (Å²) in [5.74, 6) is 2.77. The summed E-state index contributed by atoms with van der Waals surface area (Å²) in [4.78, 5) is 0. The van der Waals surface area contributed by atoms with Gasteiger partial charge >= 0.3 is 0 Å². The molecule has 0 rings (SSSR count). The van der Waals surface area contributed by atoms with Gasteiger partial charge in [0.15, 0.2) is 8.32 Å². The highest BCUT2D eigenvalue weighted by Crippen LogP contribution is 2.37. The van der Waals surface area contributed by atoms with Crippen molar-refractivity contribution in [1.82, 2.24) is 0 Å².